The lowest BCUT2D eigenvalue weighted by Gasteiger charge is -2.35. The zero-order valence-electron chi connectivity index (χ0n) is 19.5. The summed E-state index contributed by atoms with van der Waals surface area (Å²) >= 11 is 1.34. The van der Waals surface area contributed by atoms with Crippen LogP contribution in [0.25, 0.3) is 0 Å². The van der Waals surface area contributed by atoms with Gasteiger partial charge in [-0.1, -0.05) is 11.3 Å². The van der Waals surface area contributed by atoms with Crippen LogP contribution in [0.15, 0.2) is 10.6 Å². The normalized spacial score (nSPS) is 23.6. The van der Waals surface area contributed by atoms with E-state index in [1.165, 1.54) is 11.3 Å². The minimum Gasteiger partial charge on any atom is -0.464 e. The minimum absolute atomic E-state index is 0.126. The Bertz CT molecular complexity index is 931. The summed E-state index contributed by atoms with van der Waals surface area (Å²) in [5, 5.41) is 0.313. The zero-order chi connectivity index (χ0) is 24.1. The van der Waals surface area contributed by atoms with Crippen LogP contribution in [0.1, 0.15) is 60.7 Å². The molecule has 0 N–H and O–H groups in total. The van der Waals surface area contributed by atoms with Crippen LogP contribution in [0.5, 0.6) is 5.19 Å². The van der Waals surface area contributed by atoms with E-state index < -0.39 is 18.7 Å². The molecule has 34 heavy (non-hydrogen) atoms. The van der Waals surface area contributed by atoms with Gasteiger partial charge in [0.05, 0.1) is 18.3 Å². The summed E-state index contributed by atoms with van der Waals surface area (Å²) in [7, 11) is 0. The molecule has 10 heteroatoms. The van der Waals surface area contributed by atoms with Crippen molar-refractivity contribution in [3.8, 4) is 5.19 Å². The highest BCUT2D eigenvalue weighted by atomic mass is 32.1. The monoisotopic (exact) mass is 499 g/mol. The Morgan fingerprint density at radius 3 is 2.79 bits per heavy atom. The number of thiazole rings is 1. The van der Waals surface area contributed by atoms with Crippen molar-refractivity contribution in [1.29, 1.82) is 0 Å². The lowest BCUT2D eigenvalue weighted by Crippen LogP contribution is -2.36. The van der Waals surface area contributed by atoms with Crippen LogP contribution in [0.4, 0.5) is 13.2 Å². The summed E-state index contributed by atoms with van der Waals surface area (Å²) < 4.78 is 50.6. The van der Waals surface area contributed by atoms with Crippen molar-refractivity contribution < 1.29 is 27.1 Å². The van der Waals surface area contributed by atoms with Crippen molar-refractivity contribution in [2.75, 3.05) is 26.2 Å². The molecule has 2 aromatic heterocycles. The molecule has 6 nitrogen and oxygen atoms in total. The van der Waals surface area contributed by atoms with Crippen LogP contribution in [-0.4, -0.2) is 59.0 Å². The summed E-state index contributed by atoms with van der Waals surface area (Å²) in [6, 6.07) is 0. The number of halogens is 3. The Labute approximate surface area is 201 Å². The summed E-state index contributed by atoms with van der Waals surface area (Å²) in [6.45, 7) is 3.39. The highest BCUT2D eigenvalue weighted by molar-refractivity contribution is 7.13. The molecule has 2 aromatic rings. The van der Waals surface area contributed by atoms with Gasteiger partial charge in [0.1, 0.15) is 17.2 Å². The van der Waals surface area contributed by atoms with Gasteiger partial charge in [-0.15, -0.1) is 0 Å². The van der Waals surface area contributed by atoms with Gasteiger partial charge < -0.3 is 14.1 Å². The van der Waals surface area contributed by atoms with E-state index in [4.69, 9.17) is 9.15 Å². The van der Waals surface area contributed by atoms with Gasteiger partial charge in [-0.2, -0.15) is 0 Å². The molecule has 2 aliphatic rings. The average molecular weight is 500 g/mol. The molecule has 1 saturated carbocycles. The standard InChI is InChI=1S/C24H32F3N3O3S/c1-16-28-14-19(33-16)13-18(31)12-17-2-6-24(27,7-3-17)8-11-30-9-4-20-21(5-10-30)34-23(29-20)32-15-22(25)26/h14,17,22H,2-13,15H2,1H3. The van der Waals surface area contributed by atoms with Crippen LogP contribution >= 0.6 is 11.3 Å². The first-order valence-electron chi connectivity index (χ1n) is 12.0. The van der Waals surface area contributed by atoms with E-state index in [2.05, 4.69) is 14.9 Å². The van der Waals surface area contributed by atoms with Gasteiger partial charge in [0, 0.05) is 44.3 Å². The molecular formula is C24H32F3N3O3S. The van der Waals surface area contributed by atoms with E-state index in [9.17, 15) is 13.6 Å². The number of aromatic nitrogens is 2. The fourth-order valence-corrected chi connectivity index (χ4v) is 5.84. The lowest BCUT2D eigenvalue weighted by molar-refractivity contribution is -0.120. The predicted octanol–water partition coefficient (Wildman–Crippen LogP) is 4.97. The van der Waals surface area contributed by atoms with Gasteiger partial charge >= 0.3 is 0 Å². The predicted molar refractivity (Wildman–Crippen MR) is 122 cm³/mol. The van der Waals surface area contributed by atoms with Gasteiger partial charge in [-0.3, -0.25) is 4.79 Å². The number of ether oxygens (including phenoxy) is 1. The molecular weight excluding hydrogens is 467 g/mol. The van der Waals surface area contributed by atoms with E-state index in [-0.39, 0.29) is 18.1 Å². The summed E-state index contributed by atoms with van der Waals surface area (Å²) in [5.41, 5.74) is -0.259. The van der Waals surface area contributed by atoms with E-state index in [0.717, 1.165) is 49.3 Å². The maximum atomic E-state index is 15.5. The summed E-state index contributed by atoms with van der Waals surface area (Å²) in [5.74, 6) is 1.52. The molecule has 0 radical (unpaired) electrons. The number of aryl methyl sites for hydroxylation is 1. The molecule has 1 aliphatic carbocycles. The number of nitrogens with zero attached hydrogens (tertiary/aromatic N) is 3. The smallest absolute Gasteiger partial charge is 0.273 e. The maximum Gasteiger partial charge on any atom is 0.273 e. The third-order valence-electron chi connectivity index (χ3n) is 6.85. The largest absolute Gasteiger partial charge is 0.464 e. The number of fused-ring (bicyclic) bond motifs is 1. The number of alkyl halides is 3. The van der Waals surface area contributed by atoms with Crippen molar-refractivity contribution in [1.82, 2.24) is 14.9 Å². The van der Waals surface area contributed by atoms with Crippen LogP contribution < -0.4 is 4.74 Å². The van der Waals surface area contributed by atoms with E-state index >= 15 is 4.39 Å². The van der Waals surface area contributed by atoms with Crippen molar-refractivity contribution >= 4 is 17.1 Å². The molecule has 0 aromatic carbocycles. The van der Waals surface area contributed by atoms with Gasteiger partial charge in [0.2, 0.25) is 0 Å². The maximum absolute atomic E-state index is 15.5. The zero-order valence-corrected chi connectivity index (χ0v) is 20.3. The number of hydrogen-bond donors (Lipinski definition) is 0. The summed E-state index contributed by atoms with van der Waals surface area (Å²) in [6.07, 6.45) is 4.28. The molecule has 3 heterocycles. The number of rotatable bonds is 10. The number of carbonyl (C=O) groups excluding carboxylic acids is 1. The molecule has 0 atom stereocenters. The van der Waals surface area contributed by atoms with E-state index in [1.54, 1.807) is 13.1 Å². The highest BCUT2D eigenvalue weighted by Gasteiger charge is 2.36. The third-order valence-corrected chi connectivity index (χ3v) is 7.92. The number of carbonyl (C=O) groups is 1. The van der Waals surface area contributed by atoms with Crippen LogP contribution in [-0.2, 0) is 24.1 Å². The SMILES string of the molecule is Cc1ncc(CC(=O)CC2CCC(F)(CCN3CCc4nc(OCC(F)F)sc4CC3)CC2)o1. The van der Waals surface area contributed by atoms with Crippen molar-refractivity contribution in [2.24, 2.45) is 5.92 Å². The van der Waals surface area contributed by atoms with Crippen molar-refractivity contribution in [2.45, 2.75) is 76.8 Å². The number of Topliss-reactive ketones (excluding diaryl/α,β-unsaturated/α-hetero) is 1. The second kappa shape index (κ2) is 11.2. The first kappa shape index (κ1) is 25.2. The number of hydrogen-bond acceptors (Lipinski definition) is 7. The Morgan fingerprint density at radius 1 is 1.32 bits per heavy atom. The highest BCUT2D eigenvalue weighted by Crippen LogP contribution is 2.39. The average Bonchev–Trinajstić information content (AvgIpc) is 3.33. The summed E-state index contributed by atoms with van der Waals surface area (Å²) in [4.78, 5) is 24.1. The Balaban J connectivity index is 1.17. The fraction of sp³-hybridized carbons (Fsp3) is 0.708. The third kappa shape index (κ3) is 7.04. The molecule has 1 aliphatic heterocycles. The first-order chi connectivity index (χ1) is 16.3. The Morgan fingerprint density at radius 2 is 2.09 bits per heavy atom. The molecule has 4 rings (SSSR count). The van der Waals surface area contributed by atoms with Crippen LogP contribution in [0.3, 0.4) is 0 Å². The fourth-order valence-electron chi connectivity index (χ4n) is 4.89. The topological polar surface area (TPSA) is 68.5 Å². The molecule has 0 amide bonds. The van der Waals surface area contributed by atoms with E-state index in [0.29, 0.717) is 49.1 Å². The second-order valence-electron chi connectivity index (χ2n) is 9.50. The number of ketones is 1. The van der Waals surface area contributed by atoms with E-state index in [1.807, 2.05) is 0 Å². The minimum atomic E-state index is -2.51. The molecule has 0 spiro atoms. The van der Waals surface area contributed by atoms with Crippen LogP contribution in [0.2, 0.25) is 0 Å². The molecule has 0 saturated heterocycles. The first-order valence-corrected chi connectivity index (χ1v) is 12.8. The Hall–Kier alpha value is -1.94. The lowest BCUT2D eigenvalue weighted by atomic mass is 9.76. The number of oxazole rings is 1. The van der Waals surface area contributed by atoms with Crippen LogP contribution in [0, 0.1) is 12.8 Å². The van der Waals surface area contributed by atoms with Gasteiger partial charge in [0.15, 0.2) is 12.5 Å². The Kier molecular flexibility index (Phi) is 8.29. The van der Waals surface area contributed by atoms with Gasteiger partial charge in [-0.05, 0) is 44.4 Å². The van der Waals surface area contributed by atoms with Crippen molar-refractivity contribution in [3.05, 3.63) is 28.4 Å². The van der Waals surface area contributed by atoms with Gasteiger partial charge in [0.25, 0.3) is 11.6 Å². The van der Waals surface area contributed by atoms with Crippen molar-refractivity contribution in [3.63, 3.8) is 0 Å². The van der Waals surface area contributed by atoms with Gasteiger partial charge in [-0.25, -0.2) is 23.1 Å². The second-order valence-corrected chi connectivity index (χ2v) is 10.5. The quantitative estimate of drug-likeness (QED) is 0.460. The molecule has 188 valence electrons. The molecule has 1 fully saturated rings. The molecule has 0 bridgehead atoms. The molecule has 0 unspecified atom stereocenters.